The maximum Gasteiger partial charge on any atom is 0.394 e. The highest BCUT2D eigenvalue weighted by Crippen LogP contribution is 2.43. The number of alkyl halides is 6. The summed E-state index contributed by atoms with van der Waals surface area (Å²) >= 11 is 0. The number of amides is 1. The molecule has 0 spiro atoms. The molecular formula is C21H20F6N6O. The van der Waals surface area contributed by atoms with Crippen LogP contribution in [0.3, 0.4) is 0 Å². The molecule has 0 unspecified atom stereocenters. The van der Waals surface area contributed by atoms with Crippen LogP contribution < -0.4 is 5.32 Å². The maximum absolute atomic E-state index is 13.6. The molecule has 0 bridgehead atoms. The fraction of sp³-hybridized carbons (Fsp3) is 0.429. The zero-order chi connectivity index (χ0) is 25.3. The van der Waals surface area contributed by atoms with Crippen LogP contribution in [-0.2, 0) is 6.54 Å². The molecule has 0 aliphatic heterocycles. The number of H-pyrrole nitrogens is 1. The Bertz CT molecular complexity index is 1220. The van der Waals surface area contributed by atoms with Gasteiger partial charge in [-0.2, -0.15) is 36.7 Å². The van der Waals surface area contributed by atoms with E-state index in [9.17, 15) is 31.1 Å². The number of nitrogens with zero attached hydrogens (tertiary/aromatic N) is 4. The molecule has 0 aliphatic rings. The van der Waals surface area contributed by atoms with Crippen LogP contribution in [0.15, 0.2) is 30.5 Å². The van der Waals surface area contributed by atoms with Gasteiger partial charge < -0.3 is 10.3 Å². The molecule has 0 fully saturated rings. The topological polar surface area (TPSA) is 99.4 Å². The number of fused-ring (bicyclic) bond motifs is 1. The lowest BCUT2D eigenvalue weighted by atomic mass is 9.84. The summed E-state index contributed by atoms with van der Waals surface area (Å²) in [5.74, 6) is -0.891. The number of hydrogen-bond acceptors (Lipinski definition) is 4. The van der Waals surface area contributed by atoms with Gasteiger partial charge in [0.05, 0.1) is 47.1 Å². The van der Waals surface area contributed by atoms with Crippen LogP contribution in [0, 0.1) is 16.7 Å². The molecule has 3 aromatic rings. The Labute approximate surface area is 189 Å². The first-order valence-corrected chi connectivity index (χ1v) is 10.1. The normalized spacial score (nSPS) is 13.6. The van der Waals surface area contributed by atoms with Gasteiger partial charge in [0.2, 0.25) is 0 Å². The van der Waals surface area contributed by atoms with Crippen molar-refractivity contribution < 1.29 is 31.1 Å². The number of aromatic nitrogens is 4. The van der Waals surface area contributed by atoms with Crippen LogP contribution in [0.1, 0.15) is 54.6 Å². The molecule has 3 rings (SSSR count). The zero-order valence-corrected chi connectivity index (χ0v) is 18.1. The van der Waals surface area contributed by atoms with E-state index in [-0.39, 0.29) is 17.1 Å². The number of aromatic amines is 1. The molecule has 34 heavy (non-hydrogen) atoms. The van der Waals surface area contributed by atoms with Crippen molar-refractivity contribution in [3.05, 3.63) is 47.5 Å². The average molecular weight is 486 g/mol. The third kappa shape index (κ3) is 5.67. The Morgan fingerprint density at radius 2 is 1.91 bits per heavy atom. The number of imidazole rings is 1. The summed E-state index contributed by atoms with van der Waals surface area (Å²) in [6.07, 6.45) is -9.79. The monoisotopic (exact) mass is 486 g/mol. The number of rotatable bonds is 7. The van der Waals surface area contributed by atoms with Gasteiger partial charge in [0.1, 0.15) is 11.5 Å². The van der Waals surface area contributed by atoms with Gasteiger partial charge in [-0.1, -0.05) is 13.8 Å². The van der Waals surface area contributed by atoms with Gasteiger partial charge in [0, 0.05) is 6.20 Å². The molecule has 2 aromatic heterocycles. The molecule has 0 saturated carbocycles. The summed E-state index contributed by atoms with van der Waals surface area (Å²) in [5.41, 5.74) is -1.43. The average Bonchev–Trinajstić information content (AvgIpc) is 3.36. The van der Waals surface area contributed by atoms with E-state index >= 15 is 0 Å². The summed E-state index contributed by atoms with van der Waals surface area (Å²) in [5, 5.41) is 15.2. The van der Waals surface area contributed by atoms with E-state index in [2.05, 4.69) is 20.4 Å². The summed E-state index contributed by atoms with van der Waals surface area (Å²) in [4.78, 5) is 20.0. The highest BCUT2D eigenvalue weighted by molar-refractivity contribution is 5.92. The van der Waals surface area contributed by atoms with Crippen LogP contribution in [0.4, 0.5) is 26.3 Å². The SMILES string of the molecule is CC(C)(C[C@H](NC(=O)c1ccnn1CCC(F)(F)F)c1nc2cc(C#N)ccc2[nH]1)C(F)(F)F. The molecule has 182 valence electrons. The maximum atomic E-state index is 13.6. The minimum absolute atomic E-state index is 0.0112. The van der Waals surface area contributed by atoms with E-state index in [1.165, 1.54) is 24.3 Å². The van der Waals surface area contributed by atoms with E-state index in [0.29, 0.717) is 11.0 Å². The molecule has 1 aromatic carbocycles. The third-order valence-corrected chi connectivity index (χ3v) is 5.30. The summed E-state index contributed by atoms with van der Waals surface area (Å²) in [6, 6.07) is 6.31. The minimum atomic E-state index is -4.61. The Morgan fingerprint density at radius 3 is 2.53 bits per heavy atom. The molecule has 0 aliphatic carbocycles. The number of carbonyl (C=O) groups excluding carboxylic acids is 1. The second-order valence-corrected chi connectivity index (χ2v) is 8.38. The van der Waals surface area contributed by atoms with Crippen LogP contribution in [-0.4, -0.2) is 38.0 Å². The van der Waals surface area contributed by atoms with Crippen LogP contribution in [0.2, 0.25) is 0 Å². The van der Waals surface area contributed by atoms with Gasteiger partial charge >= 0.3 is 12.4 Å². The Morgan fingerprint density at radius 1 is 1.21 bits per heavy atom. The Kier molecular flexibility index (Phi) is 6.64. The first-order chi connectivity index (χ1) is 15.7. The third-order valence-electron chi connectivity index (χ3n) is 5.30. The smallest absolute Gasteiger partial charge is 0.341 e. The first kappa shape index (κ1) is 25.1. The molecule has 7 nitrogen and oxygen atoms in total. The molecule has 2 N–H and O–H groups in total. The van der Waals surface area contributed by atoms with Crippen molar-refractivity contribution in [2.24, 2.45) is 5.41 Å². The van der Waals surface area contributed by atoms with E-state index in [0.717, 1.165) is 24.7 Å². The summed E-state index contributed by atoms with van der Waals surface area (Å²) in [7, 11) is 0. The van der Waals surface area contributed by atoms with Gasteiger partial charge in [-0.3, -0.25) is 9.48 Å². The van der Waals surface area contributed by atoms with Gasteiger partial charge in [0.25, 0.3) is 5.91 Å². The van der Waals surface area contributed by atoms with Crippen molar-refractivity contribution in [3.8, 4) is 6.07 Å². The first-order valence-electron chi connectivity index (χ1n) is 10.1. The molecule has 0 radical (unpaired) electrons. The van der Waals surface area contributed by atoms with Crippen molar-refractivity contribution in [2.45, 2.75) is 51.6 Å². The van der Waals surface area contributed by atoms with Crippen molar-refractivity contribution in [1.82, 2.24) is 25.1 Å². The summed E-state index contributed by atoms with van der Waals surface area (Å²) in [6.45, 7) is 1.31. The summed E-state index contributed by atoms with van der Waals surface area (Å²) < 4.78 is 79.4. The highest BCUT2D eigenvalue weighted by Gasteiger charge is 2.49. The largest absolute Gasteiger partial charge is 0.394 e. The molecule has 1 amide bonds. The van der Waals surface area contributed by atoms with E-state index in [1.54, 1.807) is 0 Å². The zero-order valence-electron chi connectivity index (χ0n) is 18.1. The van der Waals surface area contributed by atoms with E-state index in [4.69, 9.17) is 5.26 Å². The van der Waals surface area contributed by atoms with Gasteiger partial charge in [-0.25, -0.2) is 4.98 Å². The number of nitrogens with one attached hydrogen (secondary N) is 2. The molecule has 2 heterocycles. The molecule has 1 atom stereocenters. The fourth-order valence-electron chi connectivity index (χ4n) is 3.27. The molecule has 13 heteroatoms. The van der Waals surface area contributed by atoms with Crippen molar-refractivity contribution >= 4 is 16.9 Å². The predicted molar refractivity (Wildman–Crippen MR) is 108 cm³/mol. The van der Waals surface area contributed by atoms with E-state index < -0.39 is 49.1 Å². The standard InChI is InChI=1S/C21H20F6N6O/c1-19(2,21(25,26)27)10-15(17-30-13-4-3-12(11-28)9-14(13)31-17)32-18(34)16-5-7-29-33(16)8-6-20(22,23)24/h3-5,7,9,15H,6,8,10H2,1-2H3,(H,30,31)(H,32,34)/t15-/m0/s1. The lowest BCUT2D eigenvalue weighted by Crippen LogP contribution is -2.39. The fourth-order valence-corrected chi connectivity index (χ4v) is 3.27. The number of aryl methyl sites for hydroxylation is 1. The molecule has 0 saturated heterocycles. The van der Waals surface area contributed by atoms with Crippen LogP contribution in [0.25, 0.3) is 11.0 Å². The van der Waals surface area contributed by atoms with Crippen molar-refractivity contribution in [2.75, 3.05) is 0 Å². The highest BCUT2D eigenvalue weighted by atomic mass is 19.4. The Hall–Kier alpha value is -3.56. The van der Waals surface area contributed by atoms with Crippen LogP contribution >= 0.6 is 0 Å². The number of carbonyl (C=O) groups is 1. The second kappa shape index (κ2) is 9.00. The lowest BCUT2D eigenvalue weighted by molar-refractivity contribution is -0.215. The quantitative estimate of drug-likeness (QED) is 0.458. The van der Waals surface area contributed by atoms with Gasteiger partial charge in [-0.15, -0.1) is 0 Å². The van der Waals surface area contributed by atoms with Gasteiger partial charge in [-0.05, 0) is 30.7 Å². The Balaban J connectivity index is 1.93. The van der Waals surface area contributed by atoms with Crippen molar-refractivity contribution in [3.63, 3.8) is 0 Å². The number of nitriles is 1. The van der Waals surface area contributed by atoms with E-state index in [1.807, 2.05) is 6.07 Å². The lowest BCUT2D eigenvalue weighted by Gasteiger charge is -2.31. The van der Waals surface area contributed by atoms with Gasteiger partial charge in [0.15, 0.2) is 0 Å². The predicted octanol–water partition coefficient (Wildman–Crippen LogP) is 5.03. The number of benzene rings is 1. The van der Waals surface area contributed by atoms with Crippen molar-refractivity contribution in [1.29, 1.82) is 5.26 Å². The second-order valence-electron chi connectivity index (χ2n) is 8.38. The molecular weight excluding hydrogens is 466 g/mol. The minimum Gasteiger partial charge on any atom is -0.341 e. The number of halogens is 6. The van der Waals surface area contributed by atoms with Crippen LogP contribution in [0.5, 0.6) is 0 Å². The number of hydrogen-bond donors (Lipinski definition) is 2.